The highest BCUT2D eigenvalue weighted by Crippen LogP contribution is 2.28. The molecule has 1 N–H and O–H groups in total. The molecule has 0 aliphatic rings. The fraction of sp³-hybridized carbons (Fsp3) is 0.286. The van der Waals surface area contributed by atoms with Gasteiger partial charge in [-0.25, -0.2) is 0 Å². The molecule has 0 saturated carbocycles. The van der Waals surface area contributed by atoms with Gasteiger partial charge in [0.2, 0.25) is 0 Å². The molecule has 0 amide bonds. The molecule has 0 fully saturated rings. The van der Waals surface area contributed by atoms with Gasteiger partial charge in [0, 0.05) is 6.54 Å². The first-order chi connectivity index (χ1) is 9.17. The Morgan fingerprint density at radius 1 is 1.42 bits per heavy atom. The van der Waals surface area contributed by atoms with Gasteiger partial charge in [-0.2, -0.15) is 10.4 Å². The quantitative estimate of drug-likeness (QED) is 0.933. The minimum absolute atomic E-state index is 0.449. The number of aliphatic hydroxyl groups excluding tert-OH is 1. The summed E-state index contributed by atoms with van der Waals surface area (Å²) in [6.07, 6.45) is 1.61. The van der Waals surface area contributed by atoms with E-state index in [9.17, 15) is 5.11 Å². The monoisotopic (exact) mass is 275 g/mol. The van der Waals surface area contributed by atoms with Gasteiger partial charge in [-0.3, -0.25) is 4.68 Å². The molecular formula is C14H14ClN3O. The zero-order valence-corrected chi connectivity index (χ0v) is 11.3. The number of aromatic nitrogens is 2. The molecule has 4 nitrogen and oxygen atoms in total. The van der Waals surface area contributed by atoms with Gasteiger partial charge in [0.1, 0.15) is 6.10 Å². The first-order valence-corrected chi connectivity index (χ1v) is 6.44. The van der Waals surface area contributed by atoms with Crippen molar-refractivity contribution >= 4 is 11.6 Å². The van der Waals surface area contributed by atoms with Gasteiger partial charge in [0.25, 0.3) is 0 Å². The number of halogens is 1. The van der Waals surface area contributed by atoms with Crippen LogP contribution in [0.2, 0.25) is 5.02 Å². The minimum Gasteiger partial charge on any atom is -0.382 e. The van der Waals surface area contributed by atoms with Crippen molar-refractivity contribution in [2.45, 2.75) is 26.0 Å². The predicted molar refractivity (Wildman–Crippen MR) is 72.7 cm³/mol. The number of nitrogens with zero attached hydrogens (tertiary/aromatic N) is 3. The second-order valence-electron chi connectivity index (χ2n) is 4.24. The van der Waals surface area contributed by atoms with Crippen molar-refractivity contribution in [1.29, 1.82) is 5.26 Å². The van der Waals surface area contributed by atoms with Crippen LogP contribution in [-0.2, 0) is 6.54 Å². The summed E-state index contributed by atoms with van der Waals surface area (Å²) < 4.78 is 1.71. The maximum atomic E-state index is 10.4. The molecule has 5 heteroatoms. The standard InChI is InChI=1S/C14H14ClN3O/c1-2-7-18-13(12(15)9-17-18)14(19)11-5-3-10(8-16)4-6-11/h3-6,9,14,19H,2,7H2,1H3. The summed E-state index contributed by atoms with van der Waals surface area (Å²) in [6, 6.07) is 8.84. The molecule has 1 aromatic carbocycles. The molecule has 19 heavy (non-hydrogen) atoms. The van der Waals surface area contributed by atoms with E-state index in [2.05, 4.69) is 5.10 Å². The van der Waals surface area contributed by atoms with Crippen LogP contribution in [-0.4, -0.2) is 14.9 Å². The number of nitriles is 1. The Kier molecular flexibility index (Phi) is 4.20. The zero-order chi connectivity index (χ0) is 13.8. The number of aryl methyl sites for hydroxylation is 1. The van der Waals surface area contributed by atoms with E-state index in [-0.39, 0.29) is 0 Å². The zero-order valence-electron chi connectivity index (χ0n) is 10.5. The van der Waals surface area contributed by atoms with Crippen molar-refractivity contribution in [1.82, 2.24) is 9.78 Å². The number of hydrogen-bond donors (Lipinski definition) is 1. The van der Waals surface area contributed by atoms with Gasteiger partial charge in [-0.1, -0.05) is 30.7 Å². The fourth-order valence-electron chi connectivity index (χ4n) is 1.93. The summed E-state index contributed by atoms with van der Waals surface area (Å²) >= 11 is 6.09. The Balaban J connectivity index is 2.35. The molecule has 1 heterocycles. The molecule has 0 bridgehead atoms. The Morgan fingerprint density at radius 2 is 2.11 bits per heavy atom. The molecule has 1 atom stereocenters. The predicted octanol–water partition coefficient (Wildman–Crippen LogP) is 2.90. The second-order valence-corrected chi connectivity index (χ2v) is 4.64. The lowest BCUT2D eigenvalue weighted by Gasteiger charge is -2.14. The van der Waals surface area contributed by atoms with E-state index in [1.54, 1.807) is 35.1 Å². The molecule has 0 aliphatic heterocycles. The van der Waals surface area contributed by atoms with Crippen LogP contribution in [0.3, 0.4) is 0 Å². The Morgan fingerprint density at radius 3 is 2.68 bits per heavy atom. The number of hydrogen-bond acceptors (Lipinski definition) is 3. The molecule has 0 radical (unpaired) electrons. The average molecular weight is 276 g/mol. The lowest BCUT2D eigenvalue weighted by Crippen LogP contribution is -2.10. The van der Waals surface area contributed by atoms with E-state index in [1.165, 1.54) is 0 Å². The van der Waals surface area contributed by atoms with Gasteiger partial charge < -0.3 is 5.11 Å². The number of benzene rings is 1. The normalized spacial score (nSPS) is 12.1. The summed E-state index contributed by atoms with van der Waals surface area (Å²) in [6.45, 7) is 2.74. The van der Waals surface area contributed by atoms with E-state index >= 15 is 0 Å². The van der Waals surface area contributed by atoms with Crippen molar-refractivity contribution in [3.8, 4) is 6.07 Å². The van der Waals surface area contributed by atoms with Gasteiger partial charge in [-0.15, -0.1) is 0 Å². The van der Waals surface area contributed by atoms with Crippen molar-refractivity contribution in [2.75, 3.05) is 0 Å². The highest BCUT2D eigenvalue weighted by Gasteiger charge is 2.19. The van der Waals surface area contributed by atoms with E-state index < -0.39 is 6.10 Å². The van der Waals surface area contributed by atoms with E-state index in [0.717, 1.165) is 6.42 Å². The third-order valence-electron chi connectivity index (χ3n) is 2.88. The van der Waals surface area contributed by atoms with Crippen LogP contribution in [0, 0.1) is 11.3 Å². The smallest absolute Gasteiger partial charge is 0.122 e. The average Bonchev–Trinajstić information content (AvgIpc) is 2.80. The topological polar surface area (TPSA) is 61.8 Å². The van der Waals surface area contributed by atoms with Gasteiger partial charge in [0.15, 0.2) is 0 Å². The summed E-state index contributed by atoms with van der Waals surface area (Å²) in [5.74, 6) is 0. The van der Waals surface area contributed by atoms with Crippen LogP contribution in [0.25, 0.3) is 0 Å². The molecule has 2 rings (SSSR count). The van der Waals surface area contributed by atoms with Crippen molar-refractivity contribution < 1.29 is 5.11 Å². The van der Waals surface area contributed by atoms with Crippen LogP contribution in [0.1, 0.15) is 36.3 Å². The van der Waals surface area contributed by atoms with Crippen molar-refractivity contribution in [3.63, 3.8) is 0 Å². The second kappa shape index (κ2) is 5.87. The summed E-state index contributed by atoms with van der Waals surface area (Å²) in [7, 11) is 0. The molecule has 1 aromatic heterocycles. The molecule has 2 aromatic rings. The van der Waals surface area contributed by atoms with Crippen LogP contribution in [0.15, 0.2) is 30.5 Å². The van der Waals surface area contributed by atoms with E-state index in [0.29, 0.717) is 28.4 Å². The van der Waals surface area contributed by atoms with Crippen LogP contribution < -0.4 is 0 Å². The van der Waals surface area contributed by atoms with Crippen LogP contribution in [0.5, 0.6) is 0 Å². The lowest BCUT2D eigenvalue weighted by molar-refractivity contribution is 0.207. The fourth-order valence-corrected chi connectivity index (χ4v) is 2.18. The third kappa shape index (κ3) is 2.78. The largest absolute Gasteiger partial charge is 0.382 e. The minimum atomic E-state index is -0.839. The summed E-state index contributed by atoms with van der Waals surface area (Å²) in [4.78, 5) is 0. The summed E-state index contributed by atoms with van der Waals surface area (Å²) in [5.41, 5.74) is 1.84. The highest BCUT2D eigenvalue weighted by atomic mass is 35.5. The molecule has 0 aliphatic carbocycles. The highest BCUT2D eigenvalue weighted by molar-refractivity contribution is 6.31. The SMILES string of the molecule is CCCn1ncc(Cl)c1C(O)c1ccc(C#N)cc1. The van der Waals surface area contributed by atoms with E-state index in [4.69, 9.17) is 16.9 Å². The maximum Gasteiger partial charge on any atom is 0.122 e. The number of rotatable bonds is 4. The molecule has 0 saturated heterocycles. The number of aliphatic hydroxyl groups is 1. The Labute approximate surface area is 116 Å². The van der Waals surface area contributed by atoms with Crippen molar-refractivity contribution in [3.05, 3.63) is 52.3 Å². The Bertz CT molecular complexity index is 598. The molecule has 0 spiro atoms. The Hall–Kier alpha value is -1.83. The maximum absolute atomic E-state index is 10.4. The van der Waals surface area contributed by atoms with Crippen molar-refractivity contribution in [2.24, 2.45) is 0 Å². The molecular weight excluding hydrogens is 262 g/mol. The van der Waals surface area contributed by atoms with Gasteiger partial charge >= 0.3 is 0 Å². The first kappa shape index (κ1) is 13.6. The van der Waals surface area contributed by atoms with Crippen LogP contribution >= 0.6 is 11.6 Å². The molecule has 1 unspecified atom stereocenters. The van der Waals surface area contributed by atoms with E-state index in [1.807, 2.05) is 13.0 Å². The first-order valence-electron chi connectivity index (χ1n) is 6.06. The van der Waals surface area contributed by atoms with Crippen LogP contribution in [0.4, 0.5) is 0 Å². The van der Waals surface area contributed by atoms with Gasteiger partial charge in [0.05, 0.1) is 28.5 Å². The lowest BCUT2D eigenvalue weighted by atomic mass is 10.0. The summed E-state index contributed by atoms with van der Waals surface area (Å²) in [5, 5.41) is 23.8. The third-order valence-corrected chi connectivity index (χ3v) is 3.17. The van der Waals surface area contributed by atoms with Gasteiger partial charge in [-0.05, 0) is 24.1 Å². The molecule has 98 valence electrons.